The maximum Gasteiger partial charge on any atom is 0.243 e. The number of aliphatic hydroxyl groups is 1. The van der Waals surface area contributed by atoms with Gasteiger partial charge in [-0.2, -0.15) is 0 Å². The number of benzene rings is 1. The van der Waals surface area contributed by atoms with Gasteiger partial charge in [-0.25, -0.2) is 0 Å². The number of amides is 2. The number of hydrogen-bond donors (Lipinski definition) is 3. The van der Waals surface area contributed by atoms with Gasteiger partial charge in [-0.15, -0.1) is 0 Å². The fraction of sp³-hybridized carbons (Fsp3) is 0.429. The van der Waals surface area contributed by atoms with Crippen LogP contribution in [0.2, 0.25) is 0 Å². The first kappa shape index (κ1) is 12.2. The molecule has 100 valence electrons. The Balaban J connectivity index is 1.73. The van der Waals surface area contributed by atoms with Crippen molar-refractivity contribution in [2.45, 2.75) is 37.5 Å². The predicted molar refractivity (Wildman–Crippen MR) is 68.2 cm³/mol. The highest BCUT2D eigenvalue weighted by Crippen LogP contribution is 2.31. The predicted octanol–water partition coefficient (Wildman–Crippen LogP) is 0.0395. The second-order valence-corrected chi connectivity index (χ2v) is 5.12. The van der Waals surface area contributed by atoms with E-state index in [0.717, 1.165) is 11.1 Å². The smallest absolute Gasteiger partial charge is 0.243 e. The second kappa shape index (κ2) is 4.66. The van der Waals surface area contributed by atoms with Gasteiger partial charge in [-0.05, 0) is 17.5 Å². The quantitative estimate of drug-likeness (QED) is 0.702. The summed E-state index contributed by atoms with van der Waals surface area (Å²) in [7, 11) is 0. The van der Waals surface area contributed by atoms with E-state index in [2.05, 4.69) is 10.6 Å². The number of carbonyl (C=O) groups is 2. The largest absolute Gasteiger partial charge is 0.390 e. The summed E-state index contributed by atoms with van der Waals surface area (Å²) in [6.07, 6.45) is 0.869. The first-order valence-electron chi connectivity index (χ1n) is 6.51. The molecular weight excluding hydrogens is 244 g/mol. The molecule has 3 atom stereocenters. The van der Waals surface area contributed by atoms with E-state index in [4.69, 9.17) is 0 Å². The highest BCUT2D eigenvalue weighted by Gasteiger charge is 2.35. The highest BCUT2D eigenvalue weighted by molar-refractivity contribution is 5.91. The van der Waals surface area contributed by atoms with E-state index in [9.17, 15) is 14.7 Å². The molecule has 2 aliphatic rings. The Bertz CT molecular complexity index is 529. The van der Waals surface area contributed by atoms with Crippen LogP contribution >= 0.6 is 0 Å². The molecule has 1 aliphatic heterocycles. The Morgan fingerprint density at radius 2 is 2.16 bits per heavy atom. The lowest BCUT2D eigenvalue weighted by atomic mass is 10.1. The minimum Gasteiger partial charge on any atom is -0.390 e. The van der Waals surface area contributed by atoms with E-state index in [1.54, 1.807) is 0 Å². The summed E-state index contributed by atoms with van der Waals surface area (Å²) in [5.74, 6) is -0.306. The minimum atomic E-state index is -0.599. The third-order valence-corrected chi connectivity index (χ3v) is 3.81. The normalized spacial score (nSPS) is 28.9. The zero-order chi connectivity index (χ0) is 13.4. The van der Waals surface area contributed by atoms with Crippen molar-refractivity contribution < 1.29 is 14.7 Å². The summed E-state index contributed by atoms with van der Waals surface area (Å²) >= 11 is 0. The van der Waals surface area contributed by atoms with Gasteiger partial charge >= 0.3 is 0 Å². The van der Waals surface area contributed by atoms with Crippen molar-refractivity contribution in [3.8, 4) is 0 Å². The van der Waals surface area contributed by atoms with Crippen LogP contribution in [0.1, 0.15) is 30.0 Å². The first-order valence-corrected chi connectivity index (χ1v) is 6.51. The maximum absolute atomic E-state index is 12.1. The Kier molecular flexibility index (Phi) is 2.98. The summed E-state index contributed by atoms with van der Waals surface area (Å²) < 4.78 is 0. The minimum absolute atomic E-state index is 0.0903. The molecule has 1 saturated heterocycles. The van der Waals surface area contributed by atoms with Crippen LogP contribution in [-0.4, -0.2) is 29.1 Å². The van der Waals surface area contributed by atoms with E-state index in [0.29, 0.717) is 19.3 Å². The van der Waals surface area contributed by atoms with Crippen LogP contribution in [-0.2, 0) is 16.0 Å². The molecule has 1 fully saturated rings. The molecular formula is C14H16N2O3. The number of aliphatic hydroxyl groups excluding tert-OH is 1. The molecule has 1 aliphatic carbocycles. The lowest BCUT2D eigenvalue weighted by Crippen LogP contribution is -2.44. The fourth-order valence-corrected chi connectivity index (χ4v) is 2.81. The van der Waals surface area contributed by atoms with Gasteiger partial charge in [0.05, 0.1) is 12.1 Å². The molecule has 19 heavy (non-hydrogen) atoms. The van der Waals surface area contributed by atoms with E-state index < -0.39 is 12.1 Å². The molecule has 1 heterocycles. The molecule has 1 unspecified atom stereocenters. The van der Waals surface area contributed by atoms with Crippen molar-refractivity contribution in [1.82, 2.24) is 10.6 Å². The molecule has 3 rings (SSSR count). The molecule has 0 spiro atoms. The molecule has 0 bridgehead atoms. The standard InChI is InChI=1S/C14H16N2O3/c17-11-7-8-3-1-2-4-9(8)13(11)16-14(19)10-5-6-12(18)15-10/h1-4,10-11,13,17H,5-7H2,(H,15,18)(H,16,19)/t10?,11-,13+/m0/s1. The molecule has 3 N–H and O–H groups in total. The highest BCUT2D eigenvalue weighted by atomic mass is 16.3. The molecule has 2 amide bonds. The zero-order valence-electron chi connectivity index (χ0n) is 10.4. The van der Waals surface area contributed by atoms with Gasteiger partial charge in [0.2, 0.25) is 11.8 Å². The van der Waals surface area contributed by atoms with Crippen LogP contribution in [0, 0.1) is 0 Å². The summed E-state index contributed by atoms with van der Waals surface area (Å²) in [5.41, 5.74) is 2.03. The molecule has 1 aromatic carbocycles. The first-order chi connectivity index (χ1) is 9.15. The molecule has 1 aromatic rings. The van der Waals surface area contributed by atoms with E-state index in [-0.39, 0.29) is 17.9 Å². The molecule has 0 radical (unpaired) electrons. The average molecular weight is 260 g/mol. The van der Waals surface area contributed by atoms with Crippen molar-refractivity contribution in [3.05, 3.63) is 35.4 Å². The van der Waals surface area contributed by atoms with Gasteiger partial charge in [0.1, 0.15) is 6.04 Å². The zero-order valence-corrected chi connectivity index (χ0v) is 10.4. The Morgan fingerprint density at radius 1 is 1.37 bits per heavy atom. The molecule has 0 saturated carbocycles. The van der Waals surface area contributed by atoms with Crippen LogP contribution in [0.5, 0.6) is 0 Å². The fourth-order valence-electron chi connectivity index (χ4n) is 2.81. The number of hydrogen-bond acceptors (Lipinski definition) is 3. The van der Waals surface area contributed by atoms with E-state index in [1.165, 1.54) is 0 Å². The van der Waals surface area contributed by atoms with Gasteiger partial charge in [-0.1, -0.05) is 24.3 Å². The summed E-state index contributed by atoms with van der Waals surface area (Å²) in [5, 5.41) is 15.5. The lowest BCUT2D eigenvalue weighted by molar-refractivity contribution is -0.126. The summed E-state index contributed by atoms with van der Waals surface area (Å²) in [4.78, 5) is 23.2. The van der Waals surface area contributed by atoms with E-state index in [1.807, 2.05) is 24.3 Å². The number of nitrogens with one attached hydrogen (secondary N) is 2. The van der Waals surface area contributed by atoms with Crippen LogP contribution in [0.4, 0.5) is 0 Å². The number of rotatable bonds is 2. The van der Waals surface area contributed by atoms with Gasteiger partial charge < -0.3 is 15.7 Å². The van der Waals surface area contributed by atoms with Gasteiger partial charge in [-0.3, -0.25) is 9.59 Å². The van der Waals surface area contributed by atoms with Gasteiger partial charge in [0.15, 0.2) is 0 Å². The third kappa shape index (κ3) is 2.21. The Morgan fingerprint density at radius 3 is 2.89 bits per heavy atom. The second-order valence-electron chi connectivity index (χ2n) is 5.12. The lowest BCUT2D eigenvalue weighted by Gasteiger charge is -2.20. The maximum atomic E-state index is 12.1. The van der Waals surface area contributed by atoms with Crippen molar-refractivity contribution >= 4 is 11.8 Å². The number of carbonyl (C=O) groups excluding carboxylic acids is 2. The summed E-state index contributed by atoms with van der Waals surface area (Å²) in [6, 6.07) is 6.86. The number of fused-ring (bicyclic) bond motifs is 1. The molecule has 5 heteroatoms. The monoisotopic (exact) mass is 260 g/mol. The van der Waals surface area contributed by atoms with E-state index >= 15 is 0 Å². The van der Waals surface area contributed by atoms with Crippen LogP contribution in [0.25, 0.3) is 0 Å². The van der Waals surface area contributed by atoms with Crippen LogP contribution in [0.15, 0.2) is 24.3 Å². The average Bonchev–Trinajstić information content (AvgIpc) is 2.95. The van der Waals surface area contributed by atoms with Crippen LogP contribution in [0.3, 0.4) is 0 Å². The topological polar surface area (TPSA) is 78.4 Å². The third-order valence-electron chi connectivity index (χ3n) is 3.81. The van der Waals surface area contributed by atoms with Crippen LogP contribution < -0.4 is 10.6 Å². The Hall–Kier alpha value is -1.88. The van der Waals surface area contributed by atoms with Crippen molar-refractivity contribution in [2.24, 2.45) is 0 Å². The van der Waals surface area contributed by atoms with Gasteiger partial charge in [0.25, 0.3) is 0 Å². The SMILES string of the molecule is O=C1CCC(C(=O)N[C@@H]2c3ccccc3C[C@@H]2O)N1. The molecule has 5 nitrogen and oxygen atoms in total. The van der Waals surface area contributed by atoms with Crippen molar-refractivity contribution in [3.63, 3.8) is 0 Å². The molecule has 0 aromatic heterocycles. The van der Waals surface area contributed by atoms with Crippen molar-refractivity contribution in [1.29, 1.82) is 0 Å². The van der Waals surface area contributed by atoms with Crippen molar-refractivity contribution in [2.75, 3.05) is 0 Å². The van der Waals surface area contributed by atoms with Gasteiger partial charge in [0, 0.05) is 12.8 Å². The summed E-state index contributed by atoms with van der Waals surface area (Å²) in [6.45, 7) is 0. The Labute approximate surface area is 111 Å².